The Morgan fingerprint density at radius 2 is 1.96 bits per heavy atom. The molecule has 1 amide bonds. The van der Waals surface area contributed by atoms with Crippen molar-refractivity contribution < 1.29 is 18.8 Å². The van der Waals surface area contributed by atoms with E-state index in [4.69, 9.17) is 16.4 Å². The molecule has 0 spiro atoms. The number of rotatable bonds is 7. The molecule has 2 rings (SSSR count). The maximum Gasteiger partial charge on any atom is 0.407 e. The Bertz CT molecular complexity index is 750. The van der Waals surface area contributed by atoms with Crippen LogP contribution >= 0.6 is 11.6 Å². The van der Waals surface area contributed by atoms with Gasteiger partial charge in [-0.1, -0.05) is 36.4 Å². The minimum absolute atomic E-state index is 0.225. The molecule has 2 N–H and O–H groups in total. The molecule has 7 heteroatoms. The zero-order chi connectivity index (χ0) is 18.2. The van der Waals surface area contributed by atoms with Crippen LogP contribution in [0.5, 0.6) is 0 Å². The molecule has 2 aromatic rings. The van der Waals surface area contributed by atoms with E-state index in [1.807, 2.05) is 0 Å². The number of carbonyl (C=O) groups is 1. The van der Waals surface area contributed by atoms with Crippen LogP contribution in [0.1, 0.15) is 16.7 Å². The number of hydrogen-bond donors (Lipinski definition) is 2. The lowest BCUT2D eigenvalue weighted by Crippen LogP contribution is -2.22. The standard InChI is InChI=1S/C18H18ClFN2O3/c1-12(22-25-11-13-3-6-16(20)7-4-13)14-5-8-17(19)15(9-14)10-21-18(23)24-2/h3-9,22H,1,10-11H2,2H3,(H,21,23). The van der Waals surface area contributed by atoms with Gasteiger partial charge in [-0.05, 0) is 41.0 Å². The summed E-state index contributed by atoms with van der Waals surface area (Å²) in [6.07, 6.45) is -0.541. The van der Waals surface area contributed by atoms with Crippen LogP contribution < -0.4 is 10.8 Å². The van der Waals surface area contributed by atoms with Gasteiger partial charge in [0.2, 0.25) is 0 Å². The van der Waals surface area contributed by atoms with Gasteiger partial charge in [-0.15, -0.1) is 0 Å². The molecule has 0 unspecified atom stereocenters. The topological polar surface area (TPSA) is 59.6 Å². The third-order valence-corrected chi connectivity index (χ3v) is 3.72. The zero-order valence-corrected chi connectivity index (χ0v) is 14.4. The second-order valence-electron chi connectivity index (χ2n) is 5.15. The largest absolute Gasteiger partial charge is 0.453 e. The zero-order valence-electron chi connectivity index (χ0n) is 13.6. The summed E-state index contributed by atoms with van der Waals surface area (Å²) in [6, 6.07) is 11.3. The minimum Gasteiger partial charge on any atom is -0.453 e. The number of ether oxygens (including phenoxy) is 1. The van der Waals surface area contributed by atoms with Crippen molar-refractivity contribution >= 4 is 23.4 Å². The number of carbonyl (C=O) groups excluding carboxylic acids is 1. The van der Waals surface area contributed by atoms with Crippen LogP contribution in [0.3, 0.4) is 0 Å². The summed E-state index contributed by atoms with van der Waals surface area (Å²) in [7, 11) is 1.29. The highest BCUT2D eigenvalue weighted by molar-refractivity contribution is 6.31. The molecule has 0 aliphatic carbocycles. The van der Waals surface area contributed by atoms with Crippen molar-refractivity contribution in [2.45, 2.75) is 13.2 Å². The highest BCUT2D eigenvalue weighted by Crippen LogP contribution is 2.21. The molecule has 2 aromatic carbocycles. The Morgan fingerprint density at radius 3 is 2.64 bits per heavy atom. The Kier molecular flexibility index (Phi) is 6.80. The van der Waals surface area contributed by atoms with E-state index < -0.39 is 6.09 Å². The monoisotopic (exact) mass is 364 g/mol. The summed E-state index contributed by atoms with van der Waals surface area (Å²) in [5.41, 5.74) is 5.56. The third kappa shape index (κ3) is 5.77. The van der Waals surface area contributed by atoms with Crippen molar-refractivity contribution in [1.29, 1.82) is 0 Å². The van der Waals surface area contributed by atoms with Crippen molar-refractivity contribution in [2.24, 2.45) is 0 Å². The number of amides is 1. The van der Waals surface area contributed by atoms with Crippen molar-refractivity contribution in [3.8, 4) is 0 Å². The first-order chi connectivity index (χ1) is 12.0. The number of benzene rings is 2. The Morgan fingerprint density at radius 1 is 1.24 bits per heavy atom. The Hall–Kier alpha value is -2.57. The van der Waals surface area contributed by atoms with Gasteiger partial charge in [-0.3, -0.25) is 10.3 Å². The van der Waals surface area contributed by atoms with Gasteiger partial charge in [-0.25, -0.2) is 9.18 Å². The SMILES string of the molecule is C=C(NOCc1ccc(F)cc1)c1ccc(Cl)c(CNC(=O)OC)c1. The maximum atomic E-state index is 12.8. The van der Waals surface area contributed by atoms with Gasteiger partial charge in [0.05, 0.1) is 19.4 Å². The number of nitrogens with one attached hydrogen (secondary N) is 2. The van der Waals surface area contributed by atoms with Gasteiger partial charge in [0.15, 0.2) is 0 Å². The summed E-state index contributed by atoms with van der Waals surface area (Å²) in [5, 5.41) is 3.08. The van der Waals surface area contributed by atoms with Gasteiger partial charge in [0.1, 0.15) is 5.82 Å². The van der Waals surface area contributed by atoms with E-state index >= 15 is 0 Å². The summed E-state index contributed by atoms with van der Waals surface area (Å²) in [4.78, 5) is 16.5. The Balaban J connectivity index is 1.92. The molecule has 0 heterocycles. The molecule has 0 saturated carbocycles. The van der Waals surface area contributed by atoms with Gasteiger partial charge >= 0.3 is 6.09 Å². The highest BCUT2D eigenvalue weighted by atomic mass is 35.5. The Labute approximate surface area is 150 Å². The van der Waals surface area contributed by atoms with Crippen molar-refractivity contribution in [3.05, 3.63) is 76.6 Å². The number of halogens is 2. The van der Waals surface area contributed by atoms with Crippen LogP contribution in [0.2, 0.25) is 5.02 Å². The molecule has 0 saturated heterocycles. The molecule has 0 bridgehead atoms. The summed E-state index contributed by atoms with van der Waals surface area (Å²) >= 11 is 6.12. The molecule has 5 nitrogen and oxygen atoms in total. The molecule has 0 radical (unpaired) electrons. The van der Waals surface area contributed by atoms with E-state index in [9.17, 15) is 9.18 Å². The molecule has 0 aromatic heterocycles. The molecule has 25 heavy (non-hydrogen) atoms. The van der Waals surface area contributed by atoms with E-state index in [1.54, 1.807) is 30.3 Å². The molecule has 0 aliphatic rings. The normalized spacial score (nSPS) is 10.2. The van der Waals surface area contributed by atoms with Crippen molar-refractivity contribution in [1.82, 2.24) is 10.8 Å². The third-order valence-electron chi connectivity index (χ3n) is 3.35. The molecule has 0 aliphatic heterocycles. The second-order valence-corrected chi connectivity index (χ2v) is 5.55. The summed E-state index contributed by atoms with van der Waals surface area (Å²) in [6.45, 7) is 4.38. The number of hydroxylamine groups is 1. The fourth-order valence-corrected chi connectivity index (χ4v) is 2.17. The van der Waals surface area contributed by atoms with Gasteiger partial charge < -0.3 is 10.1 Å². The summed E-state index contributed by atoms with van der Waals surface area (Å²) < 4.78 is 17.4. The van der Waals surface area contributed by atoms with Crippen LogP contribution in [0.4, 0.5) is 9.18 Å². The van der Waals surface area contributed by atoms with Gasteiger partial charge in [0, 0.05) is 11.6 Å². The van der Waals surface area contributed by atoms with E-state index in [2.05, 4.69) is 22.1 Å². The fraction of sp³-hybridized carbons (Fsp3) is 0.167. The number of alkyl carbamates (subject to hydrolysis) is 1. The molecular formula is C18H18ClFN2O3. The highest BCUT2D eigenvalue weighted by Gasteiger charge is 2.07. The summed E-state index contributed by atoms with van der Waals surface area (Å²) in [5.74, 6) is -0.296. The van der Waals surface area contributed by atoms with E-state index in [0.29, 0.717) is 16.3 Å². The first kappa shape index (κ1) is 18.8. The molecule has 0 atom stereocenters. The van der Waals surface area contributed by atoms with E-state index in [-0.39, 0.29) is 19.0 Å². The van der Waals surface area contributed by atoms with Crippen LogP contribution in [0, 0.1) is 5.82 Å². The molecule has 0 fully saturated rings. The fourth-order valence-electron chi connectivity index (χ4n) is 1.98. The molecular weight excluding hydrogens is 347 g/mol. The quantitative estimate of drug-likeness (QED) is 0.728. The van der Waals surface area contributed by atoms with Crippen LogP contribution in [0.15, 0.2) is 49.0 Å². The van der Waals surface area contributed by atoms with Gasteiger partial charge in [0.25, 0.3) is 0 Å². The predicted octanol–water partition coefficient (Wildman–Crippen LogP) is 4.03. The van der Waals surface area contributed by atoms with Crippen molar-refractivity contribution in [3.63, 3.8) is 0 Å². The lowest BCUT2D eigenvalue weighted by Gasteiger charge is -2.12. The van der Waals surface area contributed by atoms with Crippen LogP contribution in [0.25, 0.3) is 5.70 Å². The smallest absolute Gasteiger partial charge is 0.407 e. The van der Waals surface area contributed by atoms with Crippen LogP contribution in [-0.2, 0) is 22.7 Å². The first-order valence-electron chi connectivity index (χ1n) is 7.41. The van der Waals surface area contributed by atoms with E-state index in [1.165, 1.54) is 19.2 Å². The van der Waals surface area contributed by atoms with Gasteiger partial charge in [-0.2, -0.15) is 0 Å². The van der Waals surface area contributed by atoms with Crippen molar-refractivity contribution in [2.75, 3.05) is 7.11 Å². The number of hydrogen-bond acceptors (Lipinski definition) is 4. The first-order valence-corrected chi connectivity index (χ1v) is 7.79. The minimum atomic E-state index is -0.541. The molecule has 132 valence electrons. The second kappa shape index (κ2) is 9.05. The van der Waals surface area contributed by atoms with E-state index in [0.717, 1.165) is 11.1 Å². The average Bonchev–Trinajstić information content (AvgIpc) is 2.62. The average molecular weight is 365 g/mol. The number of methoxy groups -OCH3 is 1. The lowest BCUT2D eigenvalue weighted by molar-refractivity contribution is 0.0647. The predicted molar refractivity (Wildman–Crippen MR) is 94.1 cm³/mol. The maximum absolute atomic E-state index is 12.8. The lowest BCUT2D eigenvalue weighted by atomic mass is 10.1. The van der Waals surface area contributed by atoms with Crippen LogP contribution in [-0.4, -0.2) is 13.2 Å².